The number of hydrogen-bond acceptors (Lipinski definition) is 5. The van der Waals surface area contributed by atoms with Gasteiger partial charge in [0.05, 0.1) is 11.4 Å². The van der Waals surface area contributed by atoms with Crippen molar-refractivity contribution in [1.29, 1.82) is 0 Å². The maximum atomic E-state index is 14.7. The summed E-state index contributed by atoms with van der Waals surface area (Å²) in [7, 11) is -4.22. The molecular formula is C25H34F3IN4O4S. The Morgan fingerprint density at radius 3 is 2.24 bits per heavy atom. The van der Waals surface area contributed by atoms with Crippen molar-refractivity contribution < 1.29 is 31.1 Å². The van der Waals surface area contributed by atoms with Crippen molar-refractivity contribution in [2.24, 2.45) is 0 Å². The number of ether oxygens (including phenoxy) is 1. The van der Waals surface area contributed by atoms with Crippen LogP contribution in [0.5, 0.6) is 0 Å². The molecule has 0 bridgehead atoms. The number of nitrogens with zero attached hydrogens (tertiary/aromatic N) is 2. The van der Waals surface area contributed by atoms with Gasteiger partial charge in [0, 0.05) is 29.7 Å². The van der Waals surface area contributed by atoms with Crippen LogP contribution in [0.2, 0.25) is 0 Å². The number of anilines is 3. The van der Waals surface area contributed by atoms with Crippen LogP contribution in [-0.2, 0) is 14.9 Å². The van der Waals surface area contributed by atoms with E-state index in [2.05, 4.69) is 10.0 Å². The van der Waals surface area contributed by atoms with Crippen molar-refractivity contribution in [2.75, 3.05) is 36.2 Å². The van der Waals surface area contributed by atoms with Gasteiger partial charge in [0.1, 0.15) is 17.1 Å². The number of halogens is 4. The Morgan fingerprint density at radius 2 is 1.66 bits per heavy atom. The zero-order valence-corrected chi connectivity index (χ0v) is 25.1. The summed E-state index contributed by atoms with van der Waals surface area (Å²) < 4.78 is 78.8. The highest BCUT2D eigenvalue weighted by atomic mass is 127. The number of amides is 1. The fourth-order valence-corrected chi connectivity index (χ4v) is 5.20. The first-order chi connectivity index (χ1) is 17.7. The first-order valence-corrected chi connectivity index (χ1v) is 14.7. The quantitative estimate of drug-likeness (QED) is 0.253. The smallest absolute Gasteiger partial charge is 0.410 e. The molecule has 0 saturated carbocycles. The minimum atomic E-state index is -4.22. The summed E-state index contributed by atoms with van der Waals surface area (Å²) in [6, 6.07) is 5.93. The van der Waals surface area contributed by atoms with E-state index in [0.29, 0.717) is 23.0 Å². The lowest BCUT2D eigenvalue weighted by atomic mass is 10.2. The van der Waals surface area contributed by atoms with Crippen molar-refractivity contribution in [3.05, 3.63) is 51.4 Å². The standard InChI is InChI=1S/C25H34F3IN4O4S/c1-6-13-32(24(34)37-25(3,4)5)14-8-15-33(7-2)38(35,36)31-21-12-10-18(26)22(28)23(21)30-20-11-9-17(29)16-19(20)27/h9-12,16,30-31H,6-8,13-15H2,1-5H3. The summed E-state index contributed by atoms with van der Waals surface area (Å²) in [6.07, 6.45) is 0.526. The molecule has 2 aromatic rings. The summed E-state index contributed by atoms with van der Waals surface area (Å²) in [5, 5.41) is 2.46. The first kappa shape index (κ1) is 32.0. The Kier molecular flexibility index (Phi) is 11.5. The van der Waals surface area contributed by atoms with Gasteiger partial charge in [-0.3, -0.25) is 4.72 Å². The molecule has 1 amide bonds. The predicted octanol–water partition coefficient (Wildman–Crippen LogP) is 6.47. The van der Waals surface area contributed by atoms with Crippen molar-refractivity contribution in [3.8, 4) is 0 Å². The Hall–Kier alpha value is -2.26. The molecule has 0 fully saturated rings. The molecule has 212 valence electrons. The van der Waals surface area contributed by atoms with Crippen molar-refractivity contribution in [2.45, 2.75) is 53.1 Å². The van der Waals surface area contributed by atoms with Crippen LogP contribution in [0.15, 0.2) is 30.3 Å². The third-order valence-electron chi connectivity index (χ3n) is 5.20. The molecule has 0 aliphatic rings. The van der Waals surface area contributed by atoms with Gasteiger partial charge in [0.15, 0.2) is 11.6 Å². The van der Waals surface area contributed by atoms with Crippen LogP contribution in [-0.4, -0.2) is 55.5 Å². The molecule has 0 radical (unpaired) electrons. The van der Waals surface area contributed by atoms with Gasteiger partial charge in [-0.25, -0.2) is 18.0 Å². The fourth-order valence-electron chi connectivity index (χ4n) is 3.46. The van der Waals surface area contributed by atoms with Crippen LogP contribution in [0.4, 0.5) is 35.0 Å². The SMILES string of the molecule is CCCN(CCCN(CC)S(=O)(=O)Nc1ccc(F)c(F)c1Nc1ccc(I)cc1F)C(=O)OC(C)(C)C. The van der Waals surface area contributed by atoms with E-state index >= 15 is 0 Å². The van der Waals surface area contributed by atoms with E-state index in [1.807, 2.05) is 29.5 Å². The summed E-state index contributed by atoms with van der Waals surface area (Å²) in [6.45, 7) is 9.67. The topological polar surface area (TPSA) is 91.0 Å². The maximum Gasteiger partial charge on any atom is 0.410 e. The Labute approximate surface area is 236 Å². The molecule has 0 aromatic heterocycles. The van der Waals surface area contributed by atoms with Crippen LogP contribution in [0, 0.1) is 21.0 Å². The van der Waals surface area contributed by atoms with Crippen LogP contribution in [0.3, 0.4) is 0 Å². The highest BCUT2D eigenvalue weighted by molar-refractivity contribution is 14.1. The monoisotopic (exact) mass is 670 g/mol. The number of hydrogen-bond donors (Lipinski definition) is 2. The third-order valence-corrected chi connectivity index (χ3v) is 7.47. The van der Waals surface area contributed by atoms with Crippen LogP contribution in [0.25, 0.3) is 0 Å². The fraction of sp³-hybridized carbons (Fsp3) is 0.480. The summed E-state index contributed by atoms with van der Waals surface area (Å²) in [5.41, 5.74) is -1.66. The lowest BCUT2D eigenvalue weighted by molar-refractivity contribution is 0.0246. The minimum Gasteiger partial charge on any atom is -0.444 e. The van der Waals surface area contributed by atoms with Gasteiger partial charge in [-0.15, -0.1) is 0 Å². The van der Waals surface area contributed by atoms with Gasteiger partial charge in [-0.05, 0) is 86.5 Å². The Morgan fingerprint density at radius 1 is 1.00 bits per heavy atom. The first-order valence-electron chi connectivity index (χ1n) is 12.1. The van der Waals surface area contributed by atoms with E-state index < -0.39 is 45.0 Å². The number of carbonyl (C=O) groups excluding carboxylic acids is 1. The number of nitrogens with one attached hydrogen (secondary N) is 2. The maximum absolute atomic E-state index is 14.7. The molecule has 0 saturated heterocycles. The lowest BCUT2D eigenvalue weighted by Crippen LogP contribution is -2.41. The van der Waals surface area contributed by atoms with Crippen LogP contribution in [0.1, 0.15) is 47.5 Å². The molecule has 0 heterocycles. The molecule has 0 aliphatic heterocycles. The minimum absolute atomic E-state index is 0.0486. The zero-order chi connectivity index (χ0) is 28.7. The van der Waals surface area contributed by atoms with Crippen LogP contribution >= 0.6 is 22.6 Å². The van der Waals surface area contributed by atoms with E-state index in [9.17, 15) is 26.4 Å². The third kappa shape index (κ3) is 9.19. The highest BCUT2D eigenvalue weighted by Gasteiger charge is 2.26. The number of carbonyl (C=O) groups is 1. The van der Waals surface area contributed by atoms with Crippen LogP contribution < -0.4 is 10.0 Å². The number of benzene rings is 2. The van der Waals surface area contributed by atoms with Crippen molar-refractivity contribution in [3.63, 3.8) is 0 Å². The molecule has 2 aromatic carbocycles. The second kappa shape index (κ2) is 13.7. The molecule has 38 heavy (non-hydrogen) atoms. The second-order valence-electron chi connectivity index (χ2n) is 9.45. The molecule has 0 spiro atoms. The lowest BCUT2D eigenvalue weighted by Gasteiger charge is -2.28. The normalized spacial score (nSPS) is 11.9. The Balaban J connectivity index is 2.20. The number of rotatable bonds is 12. The van der Waals surface area contributed by atoms with Gasteiger partial charge in [0.2, 0.25) is 0 Å². The molecule has 0 aliphatic carbocycles. The molecule has 8 nitrogen and oxygen atoms in total. The average molecular weight is 671 g/mol. The molecule has 0 unspecified atom stereocenters. The predicted molar refractivity (Wildman–Crippen MR) is 151 cm³/mol. The highest BCUT2D eigenvalue weighted by Crippen LogP contribution is 2.32. The van der Waals surface area contributed by atoms with Gasteiger partial charge >= 0.3 is 16.3 Å². The molecule has 2 N–H and O–H groups in total. The second-order valence-corrected chi connectivity index (χ2v) is 12.4. The van der Waals surface area contributed by atoms with Gasteiger partial charge in [-0.2, -0.15) is 12.7 Å². The molecule has 2 rings (SSSR count). The van der Waals surface area contributed by atoms with E-state index in [0.717, 1.165) is 16.4 Å². The molecular weight excluding hydrogens is 636 g/mol. The van der Waals surface area contributed by atoms with E-state index in [1.54, 1.807) is 33.8 Å². The van der Waals surface area contributed by atoms with Crippen molar-refractivity contribution >= 4 is 56.0 Å². The largest absolute Gasteiger partial charge is 0.444 e. The average Bonchev–Trinajstić information content (AvgIpc) is 2.80. The van der Waals surface area contributed by atoms with E-state index in [1.165, 1.54) is 17.0 Å². The zero-order valence-electron chi connectivity index (χ0n) is 22.1. The van der Waals surface area contributed by atoms with E-state index in [4.69, 9.17) is 4.74 Å². The molecule has 0 atom stereocenters. The van der Waals surface area contributed by atoms with Crippen molar-refractivity contribution in [1.82, 2.24) is 9.21 Å². The van der Waals surface area contributed by atoms with Gasteiger partial charge in [-0.1, -0.05) is 13.8 Å². The van der Waals surface area contributed by atoms with Gasteiger partial charge < -0.3 is 15.0 Å². The molecule has 13 heteroatoms. The summed E-state index contributed by atoms with van der Waals surface area (Å²) in [5.74, 6) is -3.31. The van der Waals surface area contributed by atoms with Gasteiger partial charge in [0.25, 0.3) is 0 Å². The summed E-state index contributed by atoms with van der Waals surface area (Å²) in [4.78, 5) is 14.0. The Bertz CT molecular complexity index is 1230. The van der Waals surface area contributed by atoms with E-state index in [-0.39, 0.29) is 31.0 Å². The summed E-state index contributed by atoms with van der Waals surface area (Å²) >= 11 is 1.90.